The zero-order valence-electron chi connectivity index (χ0n) is 10.1. The molecule has 6 nitrogen and oxygen atoms in total. The predicted molar refractivity (Wildman–Crippen MR) is 56.3 cm³/mol. The lowest BCUT2D eigenvalue weighted by Crippen LogP contribution is -2.41. The Labute approximate surface area is 95.7 Å². The molecular formula is C10H20N2O4. The SMILES string of the molecule is C[N+](C)(C)CCO.O=C([O-])N1CCCC1=O. The van der Waals surface area contributed by atoms with E-state index in [1.807, 2.05) is 0 Å². The van der Waals surface area contributed by atoms with Crippen LogP contribution >= 0.6 is 0 Å². The number of imide groups is 1. The third-order valence-electron chi connectivity index (χ3n) is 2.06. The largest absolute Gasteiger partial charge is 0.530 e. The van der Waals surface area contributed by atoms with Crippen molar-refractivity contribution in [3.63, 3.8) is 0 Å². The van der Waals surface area contributed by atoms with E-state index in [1.54, 1.807) is 0 Å². The molecule has 0 aromatic carbocycles. The van der Waals surface area contributed by atoms with Crippen LogP contribution in [0.3, 0.4) is 0 Å². The van der Waals surface area contributed by atoms with Crippen LogP contribution in [0.1, 0.15) is 12.8 Å². The van der Waals surface area contributed by atoms with Gasteiger partial charge in [-0.1, -0.05) is 0 Å². The number of likely N-dealkylation sites (N-methyl/N-ethyl adjacent to an activating group) is 1. The summed E-state index contributed by atoms with van der Waals surface area (Å²) >= 11 is 0. The van der Waals surface area contributed by atoms with Gasteiger partial charge in [0, 0.05) is 13.0 Å². The first-order chi connectivity index (χ1) is 7.28. The third kappa shape index (κ3) is 6.36. The van der Waals surface area contributed by atoms with Crippen molar-refractivity contribution in [3.8, 4) is 0 Å². The van der Waals surface area contributed by atoms with Gasteiger partial charge in [0.2, 0.25) is 5.91 Å². The number of amides is 2. The average molecular weight is 232 g/mol. The van der Waals surface area contributed by atoms with E-state index in [9.17, 15) is 14.7 Å². The van der Waals surface area contributed by atoms with Crippen LogP contribution in [0, 0.1) is 0 Å². The Kier molecular flexibility index (Phi) is 5.98. The standard InChI is InChI=1S/C5H7NO3.C5H14NO/c7-4-2-1-3-6(4)5(8)9;1-6(2,3)4-5-7/h1-3H2,(H,8,9);7H,4-5H2,1-3H3/q;+1/p-1. The molecule has 0 unspecified atom stereocenters. The molecule has 0 aromatic heterocycles. The number of aliphatic hydroxyl groups is 1. The summed E-state index contributed by atoms with van der Waals surface area (Å²) in [6.07, 6.45) is -0.404. The van der Waals surface area contributed by atoms with Crippen molar-refractivity contribution in [3.05, 3.63) is 0 Å². The molecule has 94 valence electrons. The zero-order valence-corrected chi connectivity index (χ0v) is 10.1. The predicted octanol–water partition coefficient (Wildman–Crippen LogP) is -1.36. The molecule has 0 saturated carbocycles. The number of rotatable bonds is 2. The molecule has 1 fully saturated rings. The minimum Gasteiger partial charge on any atom is -0.530 e. The van der Waals surface area contributed by atoms with Crippen LogP contribution in [-0.2, 0) is 4.79 Å². The first-order valence-electron chi connectivity index (χ1n) is 5.20. The summed E-state index contributed by atoms with van der Waals surface area (Å²) in [5, 5.41) is 18.4. The number of nitrogens with zero attached hydrogens (tertiary/aromatic N) is 2. The monoisotopic (exact) mass is 232 g/mol. The molecule has 1 N–H and O–H groups in total. The second-order valence-electron chi connectivity index (χ2n) is 4.65. The molecule has 6 heteroatoms. The van der Waals surface area contributed by atoms with Gasteiger partial charge in [-0.15, -0.1) is 0 Å². The fourth-order valence-corrected chi connectivity index (χ4v) is 1.14. The van der Waals surface area contributed by atoms with Gasteiger partial charge >= 0.3 is 0 Å². The minimum atomic E-state index is -1.38. The molecule has 0 spiro atoms. The molecule has 1 aliphatic heterocycles. The average Bonchev–Trinajstić information content (AvgIpc) is 2.50. The van der Waals surface area contributed by atoms with Crippen LogP contribution in [0.4, 0.5) is 4.79 Å². The van der Waals surface area contributed by atoms with E-state index in [2.05, 4.69) is 21.1 Å². The van der Waals surface area contributed by atoms with E-state index < -0.39 is 6.09 Å². The van der Waals surface area contributed by atoms with Gasteiger partial charge in [-0.25, -0.2) is 0 Å². The van der Waals surface area contributed by atoms with Crippen LogP contribution < -0.4 is 5.11 Å². The van der Waals surface area contributed by atoms with Gasteiger partial charge in [0.15, 0.2) is 0 Å². The lowest BCUT2D eigenvalue weighted by atomic mass is 10.4. The van der Waals surface area contributed by atoms with Crippen LogP contribution in [-0.4, -0.2) is 67.3 Å². The highest BCUT2D eigenvalue weighted by atomic mass is 16.4. The summed E-state index contributed by atoms with van der Waals surface area (Å²) < 4.78 is 0.844. The smallest absolute Gasteiger partial charge is 0.227 e. The fraction of sp³-hybridized carbons (Fsp3) is 0.800. The number of carbonyl (C=O) groups is 2. The molecule has 0 aliphatic carbocycles. The van der Waals surface area contributed by atoms with Gasteiger partial charge in [-0.2, -0.15) is 0 Å². The molecule has 1 heterocycles. The lowest BCUT2D eigenvalue weighted by molar-refractivity contribution is -0.870. The number of hydrogen-bond donors (Lipinski definition) is 1. The summed E-state index contributed by atoms with van der Waals surface area (Å²) in [6, 6.07) is 0. The summed E-state index contributed by atoms with van der Waals surface area (Å²) in [4.78, 5) is 21.3. The zero-order chi connectivity index (χ0) is 12.8. The molecule has 1 aliphatic rings. The second kappa shape index (κ2) is 6.44. The summed E-state index contributed by atoms with van der Waals surface area (Å²) in [5.41, 5.74) is 0. The number of carbonyl (C=O) groups excluding carboxylic acids is 2. The Morgan fingerprint density at radius 3 is 2.19 bits per heavy atom. The number of hydrogen-bond acceptors (Lipinski definition) is 4. The first-order valence-corrected chi connectivity index (χ1v) is 5.20. The maximum absolute atomic E-state index is 10.5. The molecule has 0 aromatic rings. The Morgan fingerprint density at radius 1 is 1.50 bits per heavy atom. The highest BCUT2D eigenvalue weighted by molar-refractivity contribution is 5.91. The highest BCUT2D eigenvalue weighted by Gasteiger charge is 2.20. The van der Waals surface area contributed by atoms with Crippen molar-refractivity contribution in [2.24, 2.45) is 0 Å². The Bertz CT molecular complexity index is 248. The highest BCUT2D eigenvalue weighted by Crippen LogP contribution is 2.07. The Morgan fingerprint density at radius 2 is 2.06 bits per heavy atom. The van der Waals surface area contributed by atoms with Crippen LogP contribution in [0.25, 0.3) is 0 Å². The van der Waals surface area contributed by atoms with E-state index in [0.717, 1.165) is 15.9 Å². The van der Waals surface area contributed by atoms with E-state index in [1.165, 1.54) is 0 Å². The summed E-state index contributed by atoms with van der Waals surface area (Å²) in [6.45, 7) is 1.42. The van der Waals surface area contributed by atoms with Crippen molar-refractivity contribution >= 4 is 12.0 Å². The van der Waals surface area contributed by atoms with E-state index >= 15 is 0 Å². The Balaban J connectivity index is 0.000000293. The summed E-state index contributed by atoms with van der Waals surface area (Å²) in [5.74, 6) is -0.338. The van der Waals surface area contributed by atoms with Crippen LogP contribution in [0.2, 0.25) is 0 Å². The Hall–Kier alpha value is -1.14. The summed E-state index contributed by atoms with van der Waals surface area (Å²) in [7, 11) is 6.16. The minimum absolute atomic E-state index is 0.281. The van der Waals surface area contributed by atoms with E-state index in [-0.39, 0.29) is 12.5 Å². The quantitative estimate of drug-likeness (QED) is 0.596. The molecule has 1 rings (SSSR count). The van der Waals surface area contributed by atoms with Gasteiger partial charge in [0.1, 0.15) is 12.6 Å². The van der Waals surface area contributed by atoms with Crippen molar-refractivity contribution < 1.29 is 24.3 Å². The number of likely N-dealkylation sites (tertiary alicyclic amines) is 1. The normalized spacial score (nSPS) is 15.8. The van der Waals surface area contributed by atoms with E-state index in [4.69, 9.17) is 5.11 Å². The second-order valence-corrected chi connectivity index (χ2v) is 4.65. The molecule has 16 heavy (non-hydrogen) atoms. The molecule has 0 atom stereocenters. The van der Waals surface area contributed by atoms with Crippen molar-refractivity contribution in [2.75, 3.05) is 40.8 Å². The van der Waals surface area contributed by atoms with Crippen molar-refractivity contribution in [2.45, 2.75) is 12.8 Å². The third-order valence-corrected chi connectivity index (χ3v) is 2.06. The molecule has 0 bridgehead atoms. The molecule has 0 radical (unpaired) electrons. The van der Waals surface area contributed by atoms with Crippen LogP contribution in [0.5, 0.6) is 0 Å². The maximum Gasteiger partial charge on any atom is 0.227 e. The topological polar surface area (TPSA) is 80.7 Å². The lowest BCUT2D eigenvalue weighted by Gasteiger charge is -2.21. The number of carboxylic acid groups (broad SMARTS) is 1. The molecule has 1 saturated heterocycles. The first kappa shape index (κ1) is 14.9. The van der Waals surface area contributed by atoms with Gasteiger partial charge in [-0.3, -0.25) is 9.69 Å². The van der Waals surface area contributed by atoms with Gasteiger partial charge in [0.25, 0.3) is 0 Å². The molecule has 2 amide bonds. The molecular weight excluding hydrogens is 212 g/mol. The van der Waals surface area contributed by atoms with Gasteiger partial charge in [-0.05, 0) is 6.42 Å². The van der Waals surface area contributed by atoms with Crippen molar-refractivity contribution in [1.29, 1.82) is 0 Å². The fourth-order valence-electron chi connectivity index (χ4n) is 1.14. The van der Waals surface area contributed by atoms with Crippen molar-refractivity contribution in [1.82, 2.24) is 4.90 Å². The van der Waals surface area contributed by atoms with E-state index in [0.29, 0.717) is 19.4 Å². The number of quaternary nitrogens is 1. The number of aliphatic hydroxyl groups excluding tert-OH is 1. The van der Waals surface area contributed by atoms with Crippen LogP contribution in [0.15, 0.2) is 0 Å². The van der Waals surface area contributed by atoms with Gasteiger partial charge < -0.3 is 19.5 Å². The maximum atomic E-state index is 10.5. The van der Waals surface area contributed by atoms with Gasteiger partial charge in [0.05, 0.1) is 27.7 Å².